The van der Waals surface area contributed by atoms with Gasteiger partial charge in [-0.05, 0) is 20.8 Å². The fraction of sp³-hybridized carbons (Fsp3) is 0.727. The van der Waals surface area contributed by atoms with Crippen LogP contribution in [0.1, 0.15) is 20.8 Å². The topological polar surface area (TPSA) is 108 Å². The molecule has 0 aromatic carbocycles. The average molecular weight is 317 g/mol. The largest absolute Gasteiger partial charge is 0.444 e. The average Bonchev–Trinajstić information content (AvgIpc) is 2.91. The van der Waals surface area contributed by atoms with Crippen LogP contribution in [0.2, 0.25) is 0 Å². The fourth-order valence-electron chi connectivity index (χ4n) is 1.89. The van der Waals surface area contributed by atoms with E-state index in [9.17, 15) is 13.2 Å². The van der Waals surface area contributed by atoms with E-state index in [1.165, 1.54) is 9.21 Å². The van der Waals surface area contributed by atoms with Crippen LogP contribution in [0.4, 0.5) is 4.79 Å². The first-order chi connectivity index (χ1) is 9.70. The highest BCUT2D eigenvalue weighted by Gasteiger charge is 2.33. The summed E-state index contributed by atoms with van der Waals surface area (Å²) in [5.74, 6) is 0. The van der Waals surface area contributed by atoms with Crippen molar-refractivity contribution in [2.45, 2.75) is 31.4 Å². The summed E-state index contributed by atoms with van der Waals surface area (Å²) in [5.41, 5.74) is -0.568. The van der Waals surface area contributed by atoms with Crippen molar-refractivity contribution in [3.8, 4) is 0 Å². The number of hydrogen-bond acceptors (Lipinski definition) is 6. The minimum Gasteiger partial charge on any atom is -0.444 e. The number of rotatable bonds is 2. The third-order valence-electron chi connectivity index (χ3n) is 2.89. The van der Waals surface area contributed by atoms with Crippen LogP contribution >= 0.6 is 0 Å². The summed E-state index contributed by atoms with van der Waals surface area (Å²) >= 11 is 0. The Labute approximate surface area is 123 Å². The van der Waals surface area contributed by atoms with Crippen LogP contribution in [0, 0.1) is 0 Å². The number of carbonyl (C=O) groups is 1. The molecule has 1 aliphatic rings. The van der Waals surface area contributed by atoms with Gasteiger partial charge in [-0.15, -0.1) is 5.10 Å². The molecule has 1 aliphatic heterocycles. The molecule has 21 heavy (non-hydrogen) atoms. The molecule has 118 valence electrons. The summed E-state index contributed by atoms with van der Waals surface area (Å²) in [4.78, 5) is 13.4. The van der Waals surface area contributed by atoms with Gasteiger partial charge in [0.2, 0.25) is 5.03 Å². The summed E-state index contributed by atoms with van der Waals surface area (Å²) in [5, 5.41) is 9.25. The Morgan fingerprint density at radius 3 is 2.38 bits per heavy atom. The second kappa shape index (κ2) is 5.60. The molecule has 1 aromatic rings. The van der Waals surface area contributed by atoms with Crippen molar-refractivity contribution in [1.29, 1.82) is 0 Å². The van der Waals surface area contributed by atoms with Gasteiger partial charge in [-0.2, -0.15) is 14.6 Å². The standard InChI is InChI=1S/C11H19N5O4S/c1-11(2,3)20-10(17)15-4-6-16(7-5-15)21(18,19)9-8-12-14-13-9/h8H,4-7H2,1-3H3,(H,12,13,14). The van der Waals surface area contributed by atoms with E-state index >= 15 is 0 Å². The summed E-state index contributed by atoms with van der Waals surface area (Å²) in [7, 11) is -3.65. The van der Waals surface area contributed by atoms with E-state index in [0.717, 1.165) is 6.20 Å². The molecule has 0 spiro atoms. The van der Waals surface area contributed by atoms with E-state index < -0.39 is 21.7 Å². The van der Waals surface area contributed by atoms with Gasteiger partial charge in [0.15, 0.2) is 0 Å². The number of sulfonamides is 1. The molecule has 9 nitrogen and oxygen atoms in total. The molecule has 10 heteroatoms. The first-order valence-electron chi connectivity index (χ1n) is 6.54. The van der Waals surface area contributed by atoms with Crippen molar-refractivity contribution >= 4 is 16.1 Å². The minimum absolute atomic E-state index is 0.117. The van der Waals surface area contributed by atoms with Gasteiger partial charge in [0.05, 0.1) is 6.20 Å². The van der Waals surface area contributed by atoms with Gasteiger partial charge in [-0.25, -0.2) is 13.2 Å². The molecule has 1 saturated heterocycles. The molecule has 0 saturated carbocycles. The van der Waals surface area contributed by atoms with Crippen molar-refractivity contribution in [1.82, 2.24) is 24.6 Å². The monoisotopic (exact) mass is 317 g/mol. The highest BCUT2D eigenvalue weighted by molar-refractivity contribution is 7.89. The first-order valence-corrected chi connectivity index (χ1v) is 7.98. The number of aromatic amines is 1. The minimum atomic E-state index is -3.65. The second-order valence-corrected chi connectivity index (χ2v) is 7.56. The van der Waals surface area contributed by atoms with Crippen LogP contribution in [0.15, 0.2) is 11.2 Å². The van der Waals surface area contributed by atoms with Crippen LogP contribution in [0.5, 0.6) is 0 Å². The lowest BCUT2D eigenvalue weighted by molar-refractivity contribution is 0.0192. The number of hydrogen-bond donors (Lipinski definition) is 1. The van der Waals surface area contributed by atoms with Gasteiger partial charge >= 0.3 is 6.09 Å². The number of nitrogens with zero attached hydrogens (tertiary/aromatic N) is 4. The van der Waals surface area contributed by atoms with Crippen molar-refractivity contribution in [2.75, 3.05) is 26.2 Å². The Balaban J connectivity index is 1.96. The Bertz CT molecular complexity index is 585. The molecule has 1 amide bonds. The molecule has 2 heterocycles. The summed E-state index contributed by atoms with van der Waals surface area (Å²) in [6.07, 6.45) is 0.733. The molecule has 0 unspecified atom stereocenters. The van der Waals surface area contributed by atoms with Gasteiger partial charge in [-0.1, -0.05) is 0 Å². The third kappa shape index (κ3) is 3.70. The maximum Gasteiger partial charge on any atom is 0.410 e. The van der Waals surface area contributed by atoms with Gasteiger partial charge in [0.25, 0.3) is 10.0 Å². The summed E-state index contributed by atoms with van der Waals surface area (Å²) in [6.45, 7) is 6.34. The van der Waals surface area contributed by atoms with E-state index in [2.05, 4.69) is 15.4 Å². The molecular formula is C11H19N5O4S. The first kappa shape index (κ1) is 15.7. The van der Waals surface area contributed by atoms with E-state index in [4.69, 9.17) is 4.74 Å². The number of ether oxygens (including phenoxy) is 1. The van der Waals surface area contributed by atoms with Gasteiger partial charge in [-0.3, -0.25) is 0 Å². The smallest absolute Gasteiger partial charge is 0.410 e. The van der Waals surface area contributed by atoms with E-state index in [1.54, 1.807) is 20.8 Å². The molecule has 1 fully saturated rings. The zero-order valence-corrected chi connectivity index (χ0v) is 13.1. The number of nitrogens with one attached hydrogen (secondary N) is 1. The lowest BCUT2D eigenvalue weighted by Crippen LogP contribution is -2.51. The molecule has 2 rings (SSSR count). The van der Waals surface area contributed by atoms with Crippen LogP contribution in [-0.4, -0.2) is 70.9 Å². The zero-order chi connectivity index (χ0) is 15.7. The number of amides is 1. The van der Waals surface area contributed by atoms with E-state index in [-0.39, 0.29) is 31.2 Å². The van der Waals surface area contributed by atoms with Crippen molar-refractivity contribution in [2.24, 2.45) is 0 Å². The number of H-pyrrole nitrogens is 1. The molecule has 1 aromatic heterocycles. The molecule has 1 N–H and O–H groups in total. The van der Waals surface area contributed by atoms with E-state index in [1.807, 2.05) is 0 Å². The summed E-state index contributed by atoms with van der Waals surface area (Å²) < 4.78 is 31.0. The molecule has 0 atom stereocenters. The van der Waals surface area contributed by atoms with Crippen molar-refractivity contribution in [3.05, 3.63) is 6.20 Å². The molecule has 0 aliphatic carbocycles. The zero-order valence-electron chi connectivity index (χ0n) is 12.2. The highest BCUT2D eigenvalue weighted by Crippen LogP contribution is 2.16. The molecular weight excluding hydrogens is 298 g/mol. The maximum absolute atomic E-state index is 12.2. The van der Waals surface area contributed by atoms with Gasteiger partial charge in [0, 0.05) is 26.2 Å². The van der Waals surface area contributed by atoms with E-state index in [0.29, 0.717) is 0 Å². The van der Waals surface area contributed by atoms with Gasteiger partial charge in [0.1, 0.15) is 5.60 Å². The Morgan fingerprint density at radius 1 is 1.29 bits per heavy atom. The van der Waals surface area contributed by atoms with Crippen LogP contribution < -0.4 is 0 Å². The lowest BCUT2D eigenvalue weighted by atomic mass is 10.2. The fourth-order valence-corrected chi connectivity index (χ4v) is 3.14. The van der Waals surface area contributed by atoms with Crippen molar-refractivity contribution in [3.63, 3.8) is 0 Å². The Kier molecular flexibility index (Phi) is 4.19. The lowest BCUT2D eigenvalue weighted by Gasteiger charge is -2.34. The number of piperazine rings is 1. The van der Waals surface area contributed by atoms with Crippen molar-refractivity contribution < 1.29 is 17.9 Å². The Hall–Kier alpha value is -1.68. The quantitative estimate of drug-likeness (QED) is 0.825. The SMILES string of the molecule is CC(C)(C)OC(=O)N1CCN(S(=O)(=O)c2cn[nH]n2)CC1. The predicted molar refractivity (Wildman–Crippen MR) is 72.9 cm³/mol. The van der Waals surface area contributed by atoms with Crippen LogP contribution in [0.25, 0.3) is 0 Å². The molecule has 0 radical (unpaired) electrons. The normalized spacial score (nSPS) is 17.8. The Morgan fingerprint density at radius 2 is 1.90 bits per heavy atom. The maximum atomic E-state index is 12.2. The van der Waals surface area contributed by atoms with Crippen LogP contribution in [-0.2, 0) is 14.8 Å². The number of aromatic nitrogens is 3. The third-order valence-corrected chi connectivity index (χ3v) is 4.66. The number of carbonyl (C=O) groups excluding carboxylic acids is 1. The second-order valence-electron chi connectivity index (χ2n) is 5.68. The molecule has 0 bridgehead atoms. The highest BCUT2D eigenvalue weighted by atomic mass is 32.2. The van der Waals surface area contributed by atoms with Gasteiger partial charge < -0.3 is 9.64 Å². The predicted octanol–water partition coefficient (Wildman–Crippen LogP) is 0.0461. The summed E-state index contributed by atoms with van der Waals surface area (Å²) in [6, 6.07) is 0. The van der Waals surface area contributed by atoms with Crippen LogP contribution in [0.3, 0.4) is 0 Å².